The van der Waals surface area contributed by atoms with Crippen molar-refractivity contribution in [2.45, 2.75) is 31.7 Å². The van der Waals surface area contributed by atoms with Gasteiger partial charge in [0.05, 0.1) is 0 Å². The molecule has 0 saturated heterocycles. The van der Waals surface area contributed by atoms with Crippen LogP contribution in [0.4, 0.5) is 0 Å². The molecule has 0 amide bonds. The molecule has 54 valence electrons. The molecule has 0 aliphatic heterocycles. The largest absolute Gasteiger partial charge is 0.328 e. The molecule has 10 heavy (non-hydrogen) atoms. The second-order valence-electron chi connectivity index (χ2n) is 2.74. The monoisotopic (exact) mass is 135 g/mol. The maximum atomic E-state index is 5.72. The number of nitrogens with two attached hydrogens (primary N) is 1. The summed E-state index contributed by atoms with van der Waals surface area (Å²) in [7, 11) is 0. The van der Waals surface area contributed by atoms with Gasteiger partial charge in [-0.15, -0.1) is 0 Å². The second kappa shape index (κ2) is 3.43. The van der Waals surface area contributed by atoms with Gasteiger partial charge in [0, 0.05) is 6.04 Å². The van der Waals surface area contributed by atoms with Crippen molar-refractivity contribution in [2.75, 3.05) is 0 Å². The average molecular weight is 135 g/mol. The van der Waals surface area contributed by atoms with Gasteiger partial charge in [0.2, 0.25) is 0 Å². The zero-order valence-electron chi connectivity index (χ0n) is 6.19. The van der Waals surface area contributed by atoms with Crippen LogP contribution in [0.5, 0.6) is 0 Å². The van der Waals surface area contributed by atoms with Crippen molar-refractivity contribution < 1.29 is 0 Å². The van der Waals surface area contributed by atoms with Gasteiger partial charge in [-0.25, -0.2) is 0 Å². The number of hydrogen-bond acceptors (Lipinski definition) is 1. The first-order valence-electron chi connectivity index (χ1n) is 3.71. The van der Waals surface area contributed by atoms with Crippen LogP contribution < -0.4 is 5.73 Å². The molecule has 0 aromatic carbocycles. The van der Waals surface area contributed by atoms with Gasteiger partial charge in [-0.1, -0.05) is 11.5 Å². The maximum absolute atomic E-state index is 5.72. The molecule has 0 aromatic rings. The Hall–Kier alpha value is -0.740. The van der Waals surface area contributed by atoms with Gasteiger partial charge in [0.1, 0.15) is 0 Å². The molecule has 0 heterocycles. The van der Waals surface area contributed by atoms with E-state index in [-0.39, 0.29) is 0 Å². The van der Waals surface area contributed by atoms with Crippen LogP contribution in [0.2, 0.25) is 0 Å². The summed E-state index contributed by atoms with van der Waals surface area (Å²) in [6.07, 6.45) is 4.38. The molecule has 1 aliphatic carbocycles. The highest BCUT2D eigenvalue weighted by Gasteiger charge is 2.11. The standard InChI is InChI=1S/C9H13N/c1-2-3-8-4-6-9(10)7-5-8/h9H,1,4-7,10H2. The van der Waals surface area contributed by atoms with E-state index in [0.717, 1.165) is 25.7 Å². The minimum atomic E-state index is 0.412. The van der Waals surface area contributed by atoms with Crippen LogP contribution >= 0.6 is 0 Å². The van der Waals surface area contributed by atoms with E-state index in [9.17, 15) is 0 Å². The fourth-order valence-corrected chi connectivity index (χ4v) is 1.24. The van der Waals surface area contributed by atoms with Crippen molar-refractivity contribution in [1.29, 1.82) is 0 Å². The third-order valence-electron chi connectivity index (χ3n) is 1.90. The van der Waals surface area contributed by atoms with E-state index in [0.29, 0.717) is 6.04 Å². The SMILES string of the molecule is C=C=C=C1CCC(N)CC1. The fraction of sp³-hybridized carbons (Fsp3) is 0.556. The molecule has 0 bridgehead atoms. The first kappa shape index (κ1) is 7.37. The Kier molecular flexibility index (Phi) is 2.53. The second-order valence-corrected chi connectivity index (χ2v) is 2.74. The van der Waals surface area contributed by atoms with Gasteiger partial charge < -0.3 is 5.73 Å². The minimum Gasteiger partial charge on any atom is -0.328 e. The van der Waals surface area contributed by atoms with Gasteiger partial charge in [-0.05, 0) is 37.8 Å². The summed E-state index contributed by atoms with van der Waals surface area (Å²) >= 11 is 0. The molecule has 1 aliphatic rings. The normalized spacial score (nSPS) is 25.3. The lowest BCUT2D eigenvalue weighted by molar-refractivity contribution is 0.512. The van der Waals surface area contributed by atoms with Crippen molar-refractivity contribution in [3.05, 3.63) is 23.6 Å². The van der Waals surface area contributed by atoms with E-state index in [1.807, 2.05) is 0 Å². The van der Waals surface area contributed by atoms with Crippen molar-refractivity contribution in [3.63, 3.8) is 0 Å². The number of allylic oxidation sites excluding steroid dienone is 1. The van der Waals surface area contributed by atoms with Crippen LogP contribution in [0, 0.1) is 0 Å². The average Bonchev–Trinajstić information content (AvgIpc) is 1.95. The lowest BCUT2D eigenvalue weighted by atomic mass is 9.92. The van der Waals surface area contributed by atoms with Crippen molar-refractivity contribution in [3.8, 4) is 0 Å². The fourth-order valence-electron chi connectivity index (χ4n) is 1.24. The molecule has 0 aromatic heterocycles. The van der Waals surface area contributed by atoms with Crippen LogP contribution in [-0.2, 0) is 0 Å². The smallest absolute Gasteiger partial charge is 0.00453 e. The molecule has 0 unspecified atom stereocenters. The summed E-state index contributed by atoms with van der Waals surface area (Å²) in [5.41, 5.74) is 12.7. The van der Waals surface area contributed by atoms with Crippen molar-refractivity contribution in [2.24, 2.45) is 5.73 Å². The lowest BCUT2D eigenvalue weighted by Gasteiger charge is -2.17. The Morgan fingerprint density at radius 2 is 2.00 bits per heavy atom. The molecular weight excluding hydrogens is 122 g/mol. The third kappa shape index (κ3) is 1.89. The Balaban J connectivity index is 2.56. The van der Waals surface area contributed by atoms with E-state index in [2.05, 4.69) is 18.0 Å². The molecule has 0 radical (unpaired) electrons. The summed E-state index contributed by atoms with van der Waals surface area (Å²) in [5, 5.41) is 0. The van der Waals surface area contributed by atoms with E-state index in [1.165, 1.54) is 5.57 Å². The lowest BCUT2D eigenvalue weighted by Crippen LogP contribution is -2.23. The van der Waals surface area contributed by atoms with E-state index >= 15 is 0 Å². The Bertz CT molecular complexity index is 183. The molecule has 0 spiro atoms. The van der Waals surface area contributed by atoms with E-state index < -0.39 is 0 Å². The molecule has 1 fully saturated rings. The molecule has 1 nitrogen and oxygen atoms in total. The van der Waals surface area contributed by atoms with E-state index in [4.69, 9.17) is 5.73 Å². The summed E-state index contributed by atoms with van der Waals surface area (Å²) in [6, 6.07) is 0.412. The molecule has 1 saturated carbocycles. The van der Waals surface area contributed by atoms with Gasteiger partial charge in [0.25, 0.3) is 0 Å². The van der Waals surface area contributed by atoms with Crippen molar-refractivity contribution in [1.82, 2.24) is 0 Å². The van der Waals surface area contributed by atoms with Crippen LogP contribution in [0.1, 0.15) is 25.7 Å². The summed E-state index contributed by atoms with van der Waals surface area (Å²) in [6.45, 7) is 3.49. The maximum Gasteiger partial charge on any atom is 0.00453 e. The number of rotatable bonds is 0. The zero-order valence-corrected chi connectivity index (χ0v) is 6.19. The predicted octanol–water partition coefficient (Wildman–Crippen LogP) is 1.75. The molecular formula is C9H13N. The summed E-state index contributed by atoms with van der Waals surface area (Å²) in [4.78, 5) is 0. The van der Waals surface area contributed by atoms with Crippen LogP contribution in [0.25, 0.3) is 0 Å². The molecule has 1 heteroatoms. The van der Waals surface area contributed by atoms with Gasteiger partial charge in [-0.2, -0.15) is 0 Å². The van der Waals surface area contributed by atoms with Crippen LogP contribution in [0.15, 0.2) is 23.6 Å². The quantitative estimate of drug-likeness (QED) is 0.503. The summed E-state index contributed by atoms with van der Waals surface area (Å²) in [5.74, 6) is 0. The highest BCUT2D eigenvalue weighted by Crippen LogP contribution is 2.20. The van der Waals surface area contributed by atoms with Crippen LogP contribution in [0.3, 0.4) is 0 Å². The summed E-state index contributed by atoms with van der Waals surface area (Å²) < 4.78 is 0. The molecule has 1 rings (SSSR count). The first-order chi connectivity index (χ1) is 4.83. The number of hydrogen-bond donors (Lipinski definition) is 1. The Labute approximate surface area is 61.9 Å². The highest BCUT2D eigenvalue weighted by atomic mass is 14.6. The molecule has 0 atom stereocenters. The van der Waals surface area contributed by atoms with Crippen molar-refractivity contribution >= 4 is 0 Å². The predicted molar refractivity (Wildman–Crippen MR) is 42.6 cm³/mol. The van der Waals surface area contributed by atoms with Gasteiger partial charge in [0.15, 0.2) is 0 Å². The minimum absolute atomic E-state index is 0.412. The highest BCUT2D eigenvalue weighted by molar-refractivity contribution is 5.04. The topological polar surface area (TPSA) is 26.0 Å². The van der Waals surface area contributed by atoms with Crippen LogP contribution in [-0.4, -0.2) is 6.04 Å². The van der Waals surface area contributed by atoms with Gasteiger partial charge in [-0.3, -0.25) is 0 Å². The zero-order chi connectivity index (χ0) is 7.40. The first-order valence-corrected chi connectivity index (χ1v) is 3.71. The molecule has 2 N–H and O–H groups in total. The Morgan fingerprint density at radius 1 is 1.40 bits per heavy atom. The Morgan fingerprint density at radius 3 is 2.50 bits per heavy atom. The van der Waals surface area contributed by atoms with E-state index in [1.54, 1.807) is 0 Å². The third-order valence-corrected chi connectivity index (χ3v) is 1.90. The van der Waals surface area contributed by atoms with Gasteiger partial charge >= 0.3 is 0 Å².